The maximum absolute atomic E-state index is 12.4. The molecule has 30 heavy (non-hydrogen) atoms. The lowest BCUT2D eigenvalue weighted by Crippen LogP contribution is -2.35. The first-order chi connectivity index (χ1) is 14.4. The van der Waals surface area contributed by atoms with Gasteiger partial charge in [-0.15, -0.1) is 4.40 Å². The molecule has 0 bridgehead atoms. The van der Waals surface area contributed by atoms with E-state index in [0.717, 1.165) is 28.3 Å². The molecule has 3 aliphatic heterocycles. The highest BCUT2D eigenvalue weighted by Crippen LogP contribution is 2.42. The number of hydrogen-bond acceptors (Lipinski definition) is 8. The monoisotopic (exact) mass is 444 g/mol. The lowest BCUT2D eigenvalue weighted by molar-refractivity contribution is 0.0474. The third-order valence-corrected chi connectivity index (χ3v) is 7.36. The Labute approximate surface area is 176 Å². The topological polar surface area (TPSA) is 102 Å². The summed E-state index contributed by atoms with van der Waals surface area (Å²) >= 11 is 1.20. The summed E-state index contributed by atoms with van der Waals surface area (Å²) in [5.74, 6) is -0.161. The number of nitrogens with zero attached hydrogens (tertiary/aromatic N) is 2. The normalized spacial score (nSPS) is 18.0. The molecule has 0 fully saturated rings. The summed E-state index contributed by atoms with van der Waals surface area (Å²) in [5.41, 5.74) is 2.55. The van der Waals surface area contributed by atoms with E-state index >= 15 is 0 Å². The van der Waals surface area contributed by atoms with Crippen LogP contribution in [0.1, 0.15) is 26.3 Å². The summed E-state index contributed by atoms with van der Waals surface area (Å²) in [6, 6.07) is 10.2. The van der Waals surface area contributed by atoms with Crippen LogP contribution in [0.2, 0.25) is 0 Å². The van der Waals surface area contributed by atoms with Gasteiger partial charge in [0, 0.05) is 23.4 Å². The summed E-state index contributed by atoms with van der Waals surface area (Å²) in [7, 11) is -3.44. The van der Waals surface area contributed by atoms with Gasteiger partial charge in [-0.1, -0.05) is 0 Å². The Hall–Kier alpha value is -2.85. The zero-order valence-electron chi connectivity index (χ0n) is 15.7. The van der Waals surface area contributed by atoms with Crippen molar-refractivity contribution in [2.75, 3.05) is 30.4 Å². The van der Waals surface area contributed by atoms with Crippen LogP contribution in [0, 0.1) is 0 Å². The van der Waals surface area contributed by atoms with Crippen LogP contribution in [-0.2, 0) is 21.2 Å². The molecule has 3 aliphatic rings. The Kier molecular flexibility index (Phi) is 4.55. The zero-order chi connectivity index (χ0) is 20.9. The Morgan fingerprint density at radius 3 is 2.87 bits per heavy atom. The summed E-state index contributed by atoms with van der Waals surface area (Å²) in [6.45, 7) is 0.569. The fraction of sp³-hybridized carbons (Fsp3) is 0.250. The van der Waals surface area contributed by atoms with Crippen molar-refractivity contribution in [3.63, 3.8) is 0 Å². The molecule has 0 saturated heterocycles. The Morgan fingerprint density at radius 2 is 2.00 bits per heavy atom. The maximum Gasteiger partial charge on any atom is 0.338 e. The second-order valence-corrected chi connectivity index (χ2v) is 9.78. The van der Waals surface area contributed by atoms with Gasteiger partial charge >= 0.3 is 5.97 Å². The van der Waals surface area contributed by atoms with Crippen LogP contribution < -0.4 is 9.64 Å². The average Bonchev–Trinajstić information content (AvgIpc) is 3.33. The van der Waals surface area contributed by atoms with E-state index in [1.165, 1.54) is 11.8 Å². The molecule has 0 N–H and O–H groups in total. The maximum atomic E-state index is 12.4. The lowest BCUT2D eigenvalue weighted by Gasteiger charge is -2.22. The van der Waals surface area contributed by atoms with Crippen molar-refractivity contribution in [1.82, 2.24) is 0 Å². The van der Waals surface area contributed by atoms with Gasteiger partial charge in [0.25, 0.3) is 10.0 Å². The molecule has 0 unspecified atom stereocenters. The standard InChI is InChI=1S/C20H16N2O6S2/c23-16(12-2-4-17-13(9-12)5-7-27-17)11-28-19(24)14-1-3-15-18(10-14)29-20-21-30(25,26)8-6-22(15)20/h1-4,9-10H,5-8,11H2. The van der Waals surface area contributed by atoms with Crippen LogP contribution >= 0.6 is 11.8 Å². The minimum absolute atomic E-state index is 0.0444. The van der Waals surface area contributed by atoms with Gasteiger partial charge in [-0.05, 0) is 53.7 Å². The third-order valence-electron chi connectivity index (χ3n) is 5.05. The number of anilines is 1. The molecule has 8 nitrogen and oxygen atoms in total. The molecule has 2 aromatic carbocycles. The molecule has 154 valence electrons. The molecule has 10 heteroatoms. The van der Waals surface area contributed by atoms with Crippen LogP contribution in [0.3, 0.4) is 0 Å². The summed E-state index contributed by atoms with van der Waals surface area (Å²) < 4.78 is 37.8. The van der Waals surface area contributed by atoms with Crippen molar-refractivity contribution in [3.8, 4) is 5.75 Å². The van der Waals surface area contributed by atoms with E-state index < -0.39 is 16.0 Å². The van der Waals surface area contributed by atoms with Crippen molar-refractivity contribution < 1.29 is 27.5 Å². The number of sulfonamides is 1. The van der Waals surface area contributed by atoms with E-state index in [1.807, 2.05) is 4.90 Å². The van der Waals surface area contributed by atoms with Crippen molar-refractivity contribution in [2.24, 2.45) is 4.40 Å². The number of Topliss-reactive ketones (excluding diaryl/α,β-unsaturated/α-hetero) is 1. The highest BCUT2D eigenvalue weighted by Gasteiger charge is 2.33. The van der Waals surface area contributed by atoms with E-state index in [9.17, 15) is 18.0 Å². The van der Waals surface area contributed by atoms with Crippen LogP contribution in [0.4, 0.5) is 5.69 Å². The number of thioether (sulfide) groups is 1. The number of esters is 1. The Balaban J connectivity index is 1.27. The van der Waals surface area contributed by atoms with Crippen molar-refractivity contribution in [3.05, 3.63) is 53.1 Å². The fourth-order valence-electron chi connectivity index (χ4n) is 3.52. The first-order valence-corrected chi connectivity index (χ1v) is 11.7. The fourth-order valence-corrected chi connectivity index (χ4v) is 5.81. The predicted octanol–water partition coefficient (Wildman–Crippen LogP) is 2.27. The van der Waals surface area contributed by atoms with Crippen LogP contribution in [-0.4, -0.2) is 50.8 Å². The van der Waals surface area contributed by atoms with E-state index in [2.05, 4.69) is 4.40 Å². The first-order valence-electron chi connectivity index (χ1n) is 9.28. The lowest BCUT2D eigenvalue weighted by atomic mass is 10.1. The number of ketones is 1. The van der Waals surface area contributed by atoms with E-state index in [0.29, 0.717) is 29.4 Å². The molecular formula is C20H16N2O6S2. The smallest absolute Gasteiger partial charge is 0.338 e. The van der Waals surface area contributed by atoms with E-state index in [1.54, 1.807) is 36.4 Å². The summed E-state index contributed by atoms with van der Waals surface area (Å²) in [4.78, 5) is 27.4. The third kappa shape index (κ3) is 3.46. The van der Waals surface area contributed by atoms with Crippen LogP contribution in [0.15, 0.2) is 45.7 Å². The molecule has 0 aromatic heterocycles. The molecule has 5 rings (SSSR count). The van der Waals surface area contributed by atoms with Gasteiger partial charge in [0.15, 0.2) is 17.6 Å². The van der Waals surface area contributed by atoms with Gasteiger partial charge < -0.3 is 14.4 Å². The number of ether oxygens (including phenoxy) is 2. The van der Waals surface area contributed by atoms with Gasteiger partial charge in [-0.3, -0.25) is 4.79 Å². The van der Waals surface area contributed by atoms with Gasteiger partial charge in [0.2, 0.25) is 0 Å². The molecule has 0 spiro atoms. The largest absolute Gasteiger partial charge is 0.493 e. The molecule has 0 saturated carbocycles. The highest BCUT2D eigenvalue weighted by atomic mass is 32.2. The van der Waals surface area contributed by atoms with Crippen molar-refractivity contribution in [1.29, 1.82) is 0 Å². The predicted molar refractivity (Wildman–Crippen MR) is 111 cm³/mol. The number of carbonyl (C=O) groups excluding carboxylic acids is 2. The van der Waals surface area contributed by atoms with Gasteiger partial charge in [0.1, 0.15) is 5.75 Å². The van der Waals surface area contributed by atoms with Gasteiger partial charge in [-0.25, -0.2) is 13.2 Å². The summed E-state index contributed by atoms with van der Waals surface area (Å²) in [6.07, 6.45) is 0.757. The average molecular weight is 444 g/mol. The number of amidine groups is 1. The molecule has 0 amide bonds. The van der Waals surface area contributed by atoms with E-state index in [4.69, 9.17) is 9.47 Å². The molecule has 0 atom stereocenters. The molecule has 0 radical (unpaired) electrons. The first kappa shape index (κ1) is 19.1. The number of carbonyl (C=O) groups is 2. The molecule has 3 heterocycles. The quantitative estimate of drug-likeness (QED) is 0.523. The zero-order valence-corrected chi connectivity index (χ0v) is 17.3. The van der Waals surface area contributed by atoms with E-state index in [-0.39, 0.29) is 18.1 Å². The SMILES string of the molecule is O=C(COC(=O)c1ccc2c(c1)SC1=NS(=O)(=O)CCN12)c1ccc2c(c1)CCO2. The number of benzene rings is 2. The number of fused-ring (bicyclic) bond motifs is 4. The van der Waals surface area contributed by atoms with Crippen LogP contribution in [0.5, 0.6) is 5.75 Å². The molecular weight excluding hydrogens is 428 g/mol. The minimum atomic E-state index is -3.44. The molecule has 0 aliphatic carbocycles. The Morgan fingerprint density at radius 1 is 1.17 bits per heavy atom. The highest BCUT2D eigenvalue weighted by molar-refractivity contribution is 8.15. The van der Waals surface area contributed by atoms with Gasteiger partial charge in [-0.2, -0.15) is 0 Å². The van der Waals surface area contributed by atoms with Crippen LogP contribution in [0.25, 0.3) is 0 Å². The minimum Gasteiger partial charge on any atom is -0.493 e. The van der Waals surface area contributed by atoms with Crippen molar-refractivity contribution in [2.45, 2.75) is 11.3 Å². The van der Waals surface area contributed by atoms with Crippen molar-refractivity contribution >= 4 is 44.4 Å². The summed E-state index contributed by atoms with van der Waals surface area (Å²) in [5, 5.41) is 0.387. The second kappa shape index (κ2) is 7.13. The molecule has 2 aromatic rings. The Bertz CT molecular complexity index is 1220. The second-order valence-electron chi connectivity index (χ2n) is 7.02. The van der Waals surface area contributed by atoms with Gasteiger partial charge in [0.05, 0.1) is 23.6 Å². The number of rotatable bonds is 4. The number of hydrogen-bond donors (Lipinski definition) is 0.